The number of aliphatic hydroxyl groups excluding tert-OH is 1. The van der Waals surface area contributed by atoms with Crippen molar-refractivity contribution in [3.8, 4) is 11.4 Å². The van der Waals surface area contributed by atoms with Crippen molar-refractivity contribution in [3.63, 3.8) is 0 Å². The molecule has 3 N–H and O–H groups in total. The van der Waals surface area contributed by atoms with Gasteiger partial charge >= 0.3 is 6.09 Å². The van der Waals surface area contributed by atoms with Crippen LogP contribution in [0.1, 0.15) is 84.9 Å². The van der Waals surface area contributed by atoms with E-state index in [0.717, 1.165) is 57.9 Å². The number of aliphatic hydroxyl groups is 2. The zero-order valence-corrected chi connectivity index (χ0v) is 29.5. The number of carbonyl (C=O) groups is 1. The predicted molar refractivity (Wildman–Crippen MR) is 186 cm³/mol. The number of ether oxygens (including phenoxy) is 2. The maximum Gasteiger partial charge on any atom is 0.407 e. The molecule has 0 saturated heterocycles. The highest BCUT2D eigenvalue weighted by Crippen LogP contribution is 2.46. The van der Waals surface area contributed by atoms with Crippen molar-refractivity contribution in [2.75, 3.05) is 10.2 Å². The Morgan fingerprint density at radius 3 is 2.85 bits per heavy atom. The zero-order chi connectivity index (χ0) is 32.3. The first-order valence-corrected chi connectivity index (χ1v) is 19.8. The third-order valence-electron chi connectivity index (χ3n) is 10.1. The first kappa shape index (κ1) is 32.6. The number of carbonyl (C=O) groups excluding carboxylic acids is 1. The molecule has 2 aliphatic heterocycles. The fraction of sp³-hybridized carbons (Fsp3) is 0.545. The lowest BCUT2D eigenvalue weighted by Crippen LogP contribution is -2.47. The van der Waals surface area contributed by atoms with Crippen molar-refractivity contribution in [3.05, 3.63) is 61.7 Å². The summed E-state index contributed by atoms with van der Waals surface area (Å²) in [5.74, 6) is 0.694. The van der Waals surface area contributed by atoms with Crippen LogP contribution in [0.5, 0.6) is 0 Å². The minimum absolute atomic E-state index is 0.127. The monoisotopic (exact) mass is 781 g/mol. The summed E-state index contributed by atoms with van der Waals surface area (Å²) in [7, 11) is 3.65. The number of nitrogens with one attached hydrogen (secondary N) is 1. The summed E-state index contributed by atoms with van der Waals surface area (Å²) in [6, 6.07) is 2.71. The molecule has 1 saturated carbocycles. The number of fused-ring (bicyclic) bond motifs is 5. The summed E-state index contributed by atoms with van der Waals surface area (Å²) < 4.78 is 29.4. The number of alkyl halides is 1. The molecule has 4 heterocycles. The van der Waals surface area contributed by atoms with Crippen LogP contribution >= 0.6 is 44.2 Å². The third-order valence-corrected chi connectivity index (χ3v) is 14.3. The number of hydrogen-bond donors (Lipinski definition) is 3. The summed E-state index contributed by atoms with van der Waals surface area (Å²) >= 11 is 2.37. The Hall–Kier alpha value is -1.91. The van der Waals surface area contributed by atoms with E-state index in [1.807, 2.05) is 21.6 Å². The van der Waals surface area contributed by atoms with Crippen molar-refractivity contribution < 1.29 is 28.9 Å². The Kier molecular flexibility index (Phi) is 9.11. The first-order valence-electron chi connectivity index (χ1n) is 15.9. The second-order valence-corrected chi connectivity index (χ2v) is 16.4. The van der Waals surface area contributed by atoms with Crippen LogP contribution in [-0.4, -0.2) is 53.7 Å². The van der Waals surface area contributed by atoms with E-state index in [0.29, 0.717) is 46.4 Å². The minimum atomic E-state index is -1.76. The highest BCUT2D eigenvalue weighted by atomic mass is 127. The highest BCUT2D eigenvalue weighted by molar-refractivity contribution is 14.1. The van der Waals surface area contributed by atoms with Crippen LogP contribution in [0.3, 0.4) is 0 Å². The SMILES string of the molecule is CC[C@]1(O)c2cc3n(c(=O)c2COC1O)Cc1c-3nc2cc(F)c(C)c3c2c1[C@@H](NC(=O)O[C@H]1CCCC[C@@H]1SSCCI)CC3. The molecule has 7 rings (SSSR count). The van der Waals surface area contributed by atoms with Crippen molar-refractivity contribution in [2.45, 2.75) is 101 Å². The van der Waals surface area contributed by atoms with E-state index in [2.05, 4.69) is 27.9 Å². The second kappa shape index (κ2) is 12.8. The molecule has 246 valence electrons. The normalized spacial score (nSPS) is 26.4. The quantitative estimate of drug-likeness (QED) is 0.0877. The number of aromatic nitrogens is 2. The highest BCUT2D eigenvalue weighted by Gasteiger charge is 2.45. The van der Waals surface area contributed by atoms with Crippen LogP contribution in [0.4, 0.5) is 9.18 Å². The van der Waals surface area contributed by atoms with Gasteiger partial charge in [0, 0.05) is 38.3 Å². The molecule has 0 bridgehead atoms. The average Bonchev–Trinajstić information content (AvgIpc) is 3.42. The smallest absolute Gasteiger partial charge is 0.407 e. The van der Waals surface area contributed by atoms with Crippen LogP contribution in [0, 0.1) is 12.7 Å². The van der Waals surface area contributed by atoms with Crippen LogP contribution in [0.15, 0.2) is 16.9 Å². The van der Waals surface area contributed by atoms with Crippen molar-refractivity contribution in [1.82, 2.24) is 14.9 Å². The van der Waals surface area contributed by atoms with Gasteiger partial charge in [-0.2, -0.15) is 0 Å². The number of aryl methyl sites for hydroxylation is 1. The van der Waals surface area contributed by atoms with Crippen molar-refractivity contribution >= 4 is 61.2 Å². The molecule has 1 aromatic carbocycles. The summed E-state index contributed by atoms with van der Waals surface area (Å²) in [5, 5.41) is 26.1. The zero-order valence-electron chi connectivity index (χ0n) is 25.7. The lowest BCUT2D eigenvalue weighted by Gasteiger charge is -2.37. The van der Waals surface area contributed by atoms with Gasteiger partial charge in [-0.1, -0.05) is 57.5 Å². The number of benzene rings is 1. The van der Waals surface area contributed by atoms with Crippen LogP contribution < -0.4 is 10.9 Å². The van der Waals surface area contributed by atoms with Crippen molar-refractivity contribution in [1.29, 1.82) is 0 Å². The number of nitrogens with zero attached hydrogens (tertiary/aromatic N) is 2. The van der Waals surface area contributed by atoms with E-state index in [9.17, 15) is 19.8 Å². The average molecular weight is 782 g/mol. The molecule has 2 aliphatic carbocycles. The number of hydrogen-bond acceptors (Lipinski definition) is 9. The Bertz CT molecular complexity index is 1790. The lowest BCUT2D eigenvalue weighted by atomic mass is 9.81. The maximum atomic E-state index is 15.2. The summed E-state index contributed by atoms with van der Waals surface area (Å²) in [5.41, 5.74) is 3.01. The third kappa shape index (κ3) is 5.37. The predicted octanol–water partition coefficient (Wildman–Crippen LogP) is 6.16. The molecule has 4 aliphatic rings. The van der Waals surface area contributed by atoms with Gasteiger partial charge in [0.15, 0.2) is 6.29 Å². The topological polar surface area (TPSA) is 123 Å². The van der Waals surface area contributed by atoms with Crippen LogP contribution in [-0.2, 0) is 34.6 Å². The molecule has 13 heteroatoms. The first-order chi connectivity index (χ1) is 22.2. The number of amides is 1. The molecule has 0 spiro atoms. The van der Waals surface area contributed by atoms with Crippen molar-refractivity contribution in [2.24, 2.45) is 0 Å². The largest absolute Gasteiger partial charge is 0.445 e. The molecule has 2 aromatic heterocycles. The van der Waals surface area contributed by atoms with Crippen LogP contribution in [0.25, 0.3) is 22.3 Å². The van der Waals surface area contributed by atoms with Gasteiger partial charge in [-0.25, -0.2) is 14.2 Å². The Labute approximate surface area is 287 Å². The summed E-state index contributed by atoms with van der Waals surface area (Å²) in [6.07, 6.45) is 3.13. The number of rotatable bonds is 7. The number of pyridine rings is 2. The molecule has 1 unspecified atom stereocenters. The van der Waals surface area contributed by atoms with E-state index in [4.69, 9.17) is 14.5 Å². The number of alkyl carbamates (subject to hydrolysis) is 1. The van der Waals surface area contributed by atoms with Crippen LogP contribution in [0.2, 0.25) is 0 Å². The molecule has 1 amide bonds. The molecular weight excluding hydrogens is 744 g/mol. The van der Waals surface area contributed by atoms with Gasteiger partial charge in [0.25, 0.3) is 5.56 Å². The molecular formula is C33H37FIN3O6S2. The van der Waals surface area contributed by atoms with Gasteiger partial charge < -0.3 is 29.6 Å². The van der Waals surface area contributed by atoms with Gasteiger partial charge in [-0.05, 0) is 68.2 Å². The van der Waals surface area contributed by atoms with Gasteiger partial charge in [-0.15, -0.1) is 0 Å². The Morgan fingerprint density at radius 2 is 2.07 bits per heavy atom. The molecule has 5 atom stereocenters. The van der Waals surface area contributed by atoms with E-state index in [1.165, 1.54) is 6.07 Å². The Morgan fingerprint density at radius 1 is 1.26 bits per heavy atom. The maximum absolute atomic E-state index is 15.2. The summed E-state index contributed by atoms with van der Waals surface area (Å²) in [6.45, 7) is 3.57. The second-order valence-electron chi connectivity index (χ2n) is 12.6. The van der Waals surface area contributed by atoms with E-state index in [-0.39, 0.29) is 42.3 Å². The molecule has 46 heavy (non-hydrogen) atoms. The lowest BCUT2D eigenvalue weighted by molar-refractivity contribution is -0.236. The fourth-order valence-electron chi connectivity index (χ4n) is 7.60. The van der Waals surface area contributed by atoms with E-state index >= 15 is 4.39 Å². The Balaban J connectivity index is 1.29. The van der Waals surface area contributed by atoms with E-state index < -0.39 is 24.0 Å². The van der Waals surface area contributed by atoms with Gasteiger partial charge in [0.1, 0.15) is 17.5 Å². The molecule has 1 fully saturated rings. The van der Waals surface area contributed by atoms with Gasteiger partial charge in [0.05, 0.1) is 41.3 Å². The molecule has 0 radical (unpaired) electrons. The summed E-state index contributed by atoms with van der Waals surface area (Å²) in [4.78, 5) is 32.3. The van der Waals surface area contributed by atoms with Gasteiger partial charge in [0.2, 0.25) is 0 Å². The molecule has 3 aromatic rings. The molecule has 9 nitrogen and oxygen atoms in total. The standard InChI is InChI=1S/C33H37FIN3O6S2/c1-3-33(42)20-12-24-29-18(14-38(24)30(39)19(20)15-43-31(33)40)28-22(9-8-17-16(2)21(34)13-23(36-29)27(17)28)37-32(41)44-25-6-4-5-7-26(25)46-45-11-10-35/h12-13,22,25-26,31,40,42H,3-11,14-15H2,1-2H3,(H,37,41)/t22-,25-,26-,31?,33-/m0/s1. The number of halogens is 2. The van der Waals surface area contributed by atoms with E-state index in [1.54, 1.807) is 24.5 Å². The fourth-order valence-corrected chi connectivity index (χ4v) is 11.8. The minimum Gasteiger partial charge on any atom is -0.445 e. The van der Waals surface area contributed by atoms with Gasteiger partial charge in [-0.3, -0.25) is 4.79 Å².